The number of hydrogen-bond donors (Lipinski definition) is 1. The van der Waals surface area contributed by atoms with E-state index >= 15 is 0 Å². The summed E-state index contributed by atoms with van der Waals surface area (Å²) in [6.45, 7) is 4.95. The smallest absolute Gasteiger partial charge is 0.280 e. The largest absolute Gasteiger partial charge is 0.489 e. The van der Waals surface area contributed by atoms with Gasteiger partial charge in [0.15, 0.2) is 5.75 Å². The number of nitrogens with one attached hydrogen (secondary N) is 1. The number of nitrogens with zero attached hydrogens (tertiary/aromatic N) is 3. The van der Waals surface area contributed by atoms with Crippen molar-refractivity contribution in [3.8, 4) is 5.75 Å². The second-order valence-electron chi connectivity index (χ2n) is 7.83. The van der Waals surface area contributed by atoms with E-state index in [9.17, 15) is 13.6 Å². The molecule has 1 N–H and O–H groups in total. The fraction of sp³-hybridized carbons (Fsp3) is 0.409. The van der Waals surface area contributed by atoms with Crippen LogP contribution in [-0.2, 0) is 4.74 Å². The van der Waals surface area contributed by atoms with Gasteiger partial charge in [0.05, 0.1) is 17.7 Å². The van der Waals surface area contributed by atoms with Crippen LogP contribution in [0, 0.1) is 0 Å². The van der Waals surface area contributed by atoms with Gasteiger partial charge in [-0.05, 0) is 44.9 Å². The summed E-state index contributed by atoms with van der Waals surface area (Å²) in [4.78, 5) is 16.9. The summed E-state index contributed by atoms with van der Waals surface area (Å²) < 4.78 is 39.1. The molecule has 4 rings (SSSR count). The first-order valence-corrected chi connectivity index (χ1v) is 10.7. The van der Waals surface area contributed by atoms with Crippen LogP contribution < -0.4 is 10.1 Å². The third-order valence-corrected chi connectivity index (χ3v) is 5.46. The van der Waals surface area contributed by atoms with Gasteiger partial charge in [0.25, 0.3) is 12.3 Å². The van der Waals surface area contributed by atoms with Gasteiger partial charge in [0.2, 0.25) is 0 Å². The number of fused-ring (bicyclic) bond motifs is 1. The van der Waals surface area contributed by atoms with Crippen LogP contribution in [0.25, 0.3) is 10.9 Å². The summed E-state index contributed by atoms with van der Waals surface area (Å²) in [5, 5.41) is 8.11. The van der Waals surface area contributed by atoms with E-state index in [-0.39, 0.29) is 34.3 Å². The predicted molar refractivity (Wildman–Crippen MR) is 117 cm³/mol. The minimum Gasteiger partial charge on any atom is -0.489 e. The third kappa shape index (κ3) is 4.68. The van der Waals surface area contributed by atoms with Crippen molar-refractivity contribution in [2.45, 2.75) is 45.3 Å². The highest BCUT2D eigenvalue weighted by Crippen LogP contribution is 2.38. The monoisotopic (exact) mass is 464 g/mol. The normalized spacial score (nSPS) is 15.0. The summed E-state index contributed by atoms with van der Waals surface area (Å²) in [7, 11) is 0. The molecule has 10 heteroatoms. The zero-order chi connectivity index (χ0) is 22.8. The highest BCUT2D eigenvalue weighted by molar-refractivity contribution is 6.37. The van der Waals surface area contributed by atoms with Gasteiger partial charge in [-0.15, -0.1) is 0 Å². The first kappa shape index (κ1) is 22.4. The number of ether oxygens (including phenoxy) is 2. The van der Waals surface area contributed by atoms with Crippen molar-refractivity contribution in [3.63, 3.8) is 0 Å². The minimum absolute atomic E-state index is 0.0115. The van der Waals surface area contributed by atoms with Gasteiger partial charge in [0.1, 0.15) is 22.1 Å². The molecule has 0 atom stereocenters. The molecule has 1 saturated heterocycles. The van der Waals surface area contributed by atoms with Crippen LogP contribution in [-0.4, -0.2) is 40.0 Å². The van der Waals surface area contributed by atoms with Gasteiger partial charge in [-0.2, -0.15) is 5.10 Å². The van der Waals surface area contributed by atoms with Crippen molar-refractivity contribution in [1.29, 1.82) is 0 Å². The maximum absolute atomic E-state index is 13.1. The predicted octanol–water partition coefficient (Wildman–Crippen LogP) is 5.41. The highest BCUT2D eigenvalue weighted by Gasteiger charge is 2.24. The van der Waals surface area contributed by atoms with Gasteiger partial charge >= 0.3 is 0 Å². The lowest BCUT2D eigenvalue weighted by atomic mass is 10.1. The van der Waals surface area contributed by atoms with Crippen LogP contribution in [0.2, 0.25) is 5.02 Å². The molecule has 0 aliphatic carbocycles. The van der Waals surface area contributed by atoms with Crippen molar-refractivity contribution < 1.29 is 23.0 Å². The van der Waals surface area contributed by atoms with Crippen LogP contribution in [0.4, 0.5) is 14.6 Å². The standard InChI is InChI=1S/C22H23ClF2N4O3/c1-12(2)32-20-15(22(30)27-17-5-3-4-16(26-17)21(24)25)10-13-11-29(28-19(13)18(20)23)14-6-8-31-9-7-14/h3-5,10-12,14,21H,6-9H2,1-2H3,(H,26,27,30). The van der Waals surface area contributed by atoms with Crippen molar-refractivity contribution >= 4 is 34.2 Å². The van der Waals surface area contributed by atoms with E-state index in [4.69, 9.17) is 21.1 Å². The van der Waals surface area contributed by atoms with E-state index in [1.165, 1.54) is 18.2 Å². The summed E-state index contributed by atoms with van der Waals surface area (Å²) in [5.41, 5.74) is 0.280. The minimum atomic E-state index is -2.74. The number of anilines is 1. The molecule has 0 unspecified atom stereocenters. The number of rotatable bonds is 6. The molecule has 0 spiro atoms. The molecule has 2 aromatic heterocycles. The molecule has 1 aromatic carbocycles. The summed E-state index contributed by atoms with van der Waals surface area (Å²) >= 11 is 6.64. The Morgan fingerprint density at radius 1 is 1.31 bits per heavy atom. The summed E-state index contributed by atoms with van der Waals surface area (Å²) in [5.74, 6) is -0.367. The maximum atomic E-state index is 13.1. The number of aromatic nitrogens is 3. The van der Waals surface area contributed by atoms with Crippen LogP contribution >= 0.6 is 11.6 Å². The second-order valence-corrected chi connectivity index (χ2v) is 8.20. The van der Waals surface area contributed by atoms with Crippen LogP contribution in [0.15, 0.2) is 30.5 Å². The molecule has 32 heavy (non-hydrogen) atoms. The van der Waals surface area contributed by atoms with Gasteiger partial charge in [-0.25, -0.2) is 13.8 Å². The second kappa shape index (κ2) is 9.38. The lowest BCUT2D eigenvalue weighted by Crippen LogP contribution is -2.19. The van der Waals surface area contributed by atoms with E-state index in [1.807, 2.05) is 24.7 Å². The van der Waals surface area contributed by atoms with E-state index < -0.39 is 18.0 Å². The van der Waals surface area contributed by atoms with Crippen molar-refractivity contribution in [2.24, 2.45) is 0 Å². The Hall–Kier alpha value is -2.78. The molecule has 3 aromatic rings. The Balaban J connectivity index is 1.72. The zero-order valence-corrected chi connectivity index (χ0v) is 18.4. The molecule has 0 bridgehead atoms. The number of carbonyl (C=O) groups excluding carboxylic acids is 1. The zero-order valence-electron chi connectivity index (χ0n) is 17.6. The molecule has 170 valence electrons. The van der Waals surface area contributed by atoms with E-state index in [1.54, 1.807) is 6.07 Å². The van der Waals surface area contributed by atoms with Gasteiger partial charge in [0, 0.05) is 24.8 Å². The van der Waals surface area contributed by atoms with E-state index in [0.29, 0.717) is 24.1 Å². The van der Waals surface area contributed by atoms with Gasteiger partial charge in [-0.3, -0.25) is 9.48 Å². The number of amides is 1. The molecular formula is C22H23ClF2N4O3. The maximum Gasteiger partial charge on any atom is 0.280 e. The first-order chi connectivity index (χ1) is 15.3. The van der Waals surface area contributed by atoms with E-state index in [2.05, 4.69) is 15.4 Å². The Morgan fingerprint density at radius 2 is 2.06 bits per heavy atom. The molecule has 3 heterocycles. The summed E-state index contributed by atoms with van der Waals surface area (Å²) in [6.07, 6.45) is 0.520. The number of benzene rings is 1. The lowest BCUT2D eigenvalue weighted by Gasteiger charge is -2.22. The fourth-order valence-corrected chi connectivity index (χ4v) is 3.90. The molecule has 0 saturated carbocycles. The number of alkyl halides is 2. The average Bonchev–Trinajstić information content (AvgIpc) is 3.21. The third-order valence-electron chi connectivity index (χ3n) is 5.11. The molecule has 1 aliphatic heterocycles. The molecule has 7 nitrogen and oxygen atoms in total. The first-order valence-electron chi connectivity index (χ1n) is 10.4. The van der Waals surface area contributed by atoms with Gasteiger partial charge in [-0.1, -0.05) is 17.7 Å². The Bertz CT molecular complexity index is 1130. The van der Waals surface area contributed by atoms with Crippen molar-refractivity contribution in [3.05, 3.63) is 46.7 Å². The summed E-state index contributed by atoms with van der Waals surface area (Å²) in [6, 6.07) is 5.87. The Morgan fingerprint density at radius 3 is 2.75 bits per heavy atom. The van der Waals surface area contributed by atoms with Gasteiger partial charge < -0.3 is 14.8 Å². The molecular weight excluding hydrogens is 442 g/mol. The Kier molecular flexibility index (Phi) is 6.57. The lowest BCUT2D eigenvalue weighted by molar-refractivity contribution is 0.0664. The Labute approximate surface area is 188 Å². The molecule has 1 aliphatic rings. The quantitative estimate of drug-likeness (QED) is 0.527. The number of halogens is 3. The number of carbonyl (C=O) groups is 1. The van der Waals surface area contributed by atoms with Crippen molar-refractivity contribution in [2.75, 3.05) is 18.5 Å². The topological polar surface area (TPSA) is 78.3 Å². The molecule has 0 radical (unpaired) electrons. The van der Waals surface area contributed by atoms with Crippen molar-refractivity contribution in [1.82, 2.24) is 14.8 Å². The van der Waals surface area contributed by atoms with Crippen LogP contribution in [0.5, 0.6) is 5.75 Å². The fourth-order valence-electron chi connectivity index (χ4n) is 3.61. The molecule has 1 fully saturated rings. The average molecular weight is 465 g/mol. The highest BCUT2D eigenvalue weighted by atomic mass is 35.5. The van der Waals surface area contributed by atoms with Crippen LogP contribution in [0.1, 0.15) is 55.2 Å². The number of hydrogen-bond acceptors (Lipinski definition) is 5. The SMILES string of the molecule is CC(C)Oc1c(C(=O)Nc2cccc(C(F)F)n2)cc2cn(C3CCOCC3)nc2c1Cl. The van der Waals surface area contributed by atoms with Crippen LogP contribution in [0.3, 0.4) is 0 Å². The molecule has 1 amide bonds. The van der Waals surface area contributed by atoms with E-state index in [0.717, 1.165) is 12.8 Å². The number of pyridine rings is 1.